The molecule has 1 atom stereocenters. The molecule has 2 aromatic carbocycles. The first-order chi connectivity index (χ1) is 15.2. The fourth-order valence-corrected chi connectivity index (χ4v) is 6.58. The van der Waals surface area contributed by atoms with Gasteiger partial charge in [-0.15, -0.1) is 0 Å². The maximum absolute atomic E-state index is 3.80. The average Bonchev–Trinajstić information content (AvgIpc) is 3.24. The second-order valence-electron chi connectivity index (χ2n) is 11.5. The molecule has 0 radical (unpaired) electrons. The van der Waals surface area contributed by atoms with Crippen molar-refractivity contribution >= 4 is 0 Å². The van der Waals surface area contributed by atoms with Gasteiger partial charge in [0.25, 0.3) is 0 Å². The Morgan fingerprint density at radius 1 is 0.562 bits per heavy atom. The van der Waals surface area contributed by atoms with Crippen LogP contribution in [0.15, 0.2) is 48.5 Å². The molecular formula is C31H47N. The molecule has 176 valence electrons. The third-order valence-corrected chi connectivity index (χ3v) is 7.73. The maximum Gasteiger partial charge on any atom is 0.0243 e. The Morgan fingerprint density at radius 3 is 1.19 bits per heavy atom. The van der Waals surface area contributed by atoms with Crippen LogP contribution in [0.3, 0.4) is 0 Å². The van der Waals surface area contributed by atoms with Gasteiger partial charge in [0, 0.05) is 12.0 Å². The zero-order chi connectivity index (χ0) is 23.4. The molecule has 1 saturated heterocycles. The summed E-state index contributed by atoms with van der Waals surface area (Å²) in [6.07, 6.45) is 2.54. The smallest absolute Gasteiger partial charge is 0.0243 e. The van der Waals surface area contributed by atoms with Gasteiger partial charge in [-0.05, 0) is 77.1 Å². The van der Waals surface area contributed by atoms with Gasteiger partial charge in [-0.1, -0.05) is 104 Å². The maximum atomic E-state index is 3.80. The van der Waals surface area contributed by atoms with E-state index in [9.17, 15) is 0 Å². The van der Waals surface area contributed by atoms with Crippen molar-refractivity contribution in [3.63, 3.8) is 0 Å². The Labute approximate surface area is 198 Å². The van der Waals surface area contributed by atoms with E-state index in [1.807, 2.05) is 0 Å². The molecule has 1 aliphatic rings. The molecule has 0 amide bonds. The topological polar surface area (TPSA) is 12.0 Å². The Hall–Kier alpha value is -1.60. The second kappa shape index (κ2) is 11.0. The van der Waals surface area contributed by atoms with Crippen molar-refractivity contribution in [2.75, 3.05) is 6.54 Å². The predicted octanol–water partition coefficient (Wildman–Crippen LogP) is 8.36. The van der Waals surface area contributed by atoms with Crippen molar-refractivity contribution in [2.24, 2.45) is 23.7 Å². The van der Waals surface area contributed by atoms with E-state index in [-0.39, 0.29) is 0 Å². The summed E-state index contributed by atoms with van der Waals surface area (Å²) in [5.41, 5.74) is 5.89. The van der Waals surface area contributed by atoms with Crippen molar-refractivity contribution < 1.29 is 0 Å². The van der Waals surface area contributed by atoms with E-state index in [0.717, 1.165) is 6.54 Å². The van der Waals surface area contributed by atoms with Gasteiger partial charge < -0.3 is 5.32 Å². The van der Waals surface area contributed by atoms with Crippen LogP contribution in [0.4, 0.5) is 0 Å². The molecule has 1 heterocycles. The number of hydrogen-bond acceptors (Lipinski definition) is 1. The van der Waals surface area contributed by atoms with Gasteiger partial charge in [0.2, 0.25) is 0 Å². The van der Waals surface area contributed by atoms with E-state index in [1.54, 1.807) is 0 Å². The minimum atomic E-state index is 0.425. The van der Waals surface area contributed by atoms with Gasteiger partial charge in [0.05, 0.1) is 0 Å². The third-order valence-electron chi connectivity index (χ3n) is 7.73. The van der Waals surface area contributed by atoms with E-state index in [1.165, 1.54) is 35.1 Å². The lowest BCUT2D eigenvalue weighted by Gasteiger charge is -2.29. The highest BCUT2D eigenvalue weighted by molar-refractivity contribution is 5.39. The summed E-state index contributed by atoms with van der Waals surface area (Å²) in [4.78, 5) is 0. The van der Waals surface area contributed by atoms with Gasteiger partial charge in [-0.2, -0.15) is 0 Å². The summed E-state index contributed by atoms with van der Waals surface area (Å²) < 4.78 is 0. The lowest BCUT2D eigenvalue weighted by Crippen LogP contribution is -2.29. The molecule has 0 spiro atoms. The first-order valence-electron chi connectivity index (χ1n) is 13.1. The average molecular weight is 434 g/mol. The Balaban J connectivity index is 1.93. The molecule has 0 unspecified atom stereocenters. The van der Waals surface area contributed by atoms with E-state index in [2.05, 4.69) is 109 Å². The molecule has 0 aliphatic carbocycles. The van der Waals surface area contributed by atoms with Crippen LogP contribution < -0.4 is 5.32 Å². The van der Waals surface area contributed by atoms with Crippen LogP contribution in [0.25, 0.3) is 0 Å². The van der Waals surface area contributed by atoms with Crippen molar-refractivity contribution in [3.8, 4) is 0 Å². The lowest BCUT2D eigenvalue weighted by atomic mass is 9.77. The lowest BCUT2D eigenvalue weighted by molar-refractivity contribution is 0.387. The highest BCUT2D eigenvalue weighted by atomic mass is 14.9. The van der Waals surface area contributed by atoms with Gasteiger partial charge in [-0.3, -0.25) is 0 Å². The van der Waals surface area contributed by atoms with Crippen molar-refractivity contribution in [1.29, 1.82) is 0 Å². The number of rotatable bonds is 9. The van der Waals surface area contributed by atoms with Crippen LogP contribution in [0, 0.1) is 23.7 Å². The highest BCUT2D eigenvalue weighted by Crippen LogP contribution is 2.37. The zero-order valence-electron chi connectivity index (χ0n) is 21.9. The fourth-order valence-electron chi connectivity index (χ4n) is 6.58. The van der Waals surface area contributed by atoms with Gasteiger partial charge in [0.1, 0.15) is 0 Å². The SMILES string of the molecule is CC(C)C(c1ccc(C(c2ccc(C(C(C)C)C(C)C)cc2)[C@H]2CCCN2)cc1)C(C)C. The molecule has 0 aromatic heterocycles. The van der Waals surface area contributed by atoms with Gasteiger partial charge in [0.15, 0.2) is 0 Å². The number of nitrogens with one attached hydrogen (secondary N) is 1. The van der Waals surface area contributed by atoms with Gasteiger partial charge >= 0.3 is 0 Å². The minimum Gasteiger partial charge on any atom is -0.313 e. The van der Waals surface area contributed by atoms with E-state index < -0.39 is 0 Å². The summed E-state index contributed by atoms with van der Waals surface area (Å²) in [5.74, 6) is 4.32. The molecular weight excluding hydrogens is 386 g/mol. The van der Waals surface area contributed by atoms with Crippen molar-refractivity contribution in [2.45, 2.75) is 92.0 Å². The van der Waals surface area contributed by atoms with Crippen LogP contribution in [-0.4, -0.2) is 12.6 Å². The highest BCUT2D eigenvalue weighted by Gasteiger charge is 2.29. The molecule has 32 heavy (non-hydrogen) atoms. The van der Waals surface area contributed by atoms with Crippen molar-refractivity contribution in [1.82, 2.24) is 5.32 Å². The Kier molecular flexibility index (Phi) is 8.62. The first kappa shape index (κ1) is 25.0. The molecule has 1 fully saturated rings. The minimum absolute atomic E-state index is 0.425. The van der Waals surface area contributed by atoms with Crippen LogP contribution in [0.5, 0.6) is 0 Å². The standard InChI is InChI=1S/C31H47N/c1-20(2)29(21(3)4)24-11-15-26(16-12-24)31(28-10-9-19-32-28)27-17-13-25(14-18-27)30(22(5)6)23(7)8/h11-18,20-23,28-32H,9-10,19H2,1-8H3/t28-/m1/s1. The number of benzene rings is 2. The van der Waals surface area contributed by atoms with E-state index in [4.69, 9.17) is 0 Å². The van der Waals surface area contributed by atoms with Gasteiger partial charge in [-0.25, -0.2) is 0 Å². The summed E-state index contributed by atoms with van der Waals surface area (Å²) in [7, 11) is 0. The largest absolute Gasteiger partial charge is 0.313 e. The van der Waals surface area contributed by atoms with E-state index in [0.29, 0.717) is 47.5 Å². The summed E-state index contributed by atoms with van der Waals surface area (Å²) in [6.45, 7) is 20.0. The molecule has 1 heteroatoms. The Morgan fingerprint density at radius 2 is 0.906 bits per heavy atom. The zero-order valence-corrected chi connectivity index (χ0v) is 21.9. The van der Waals surface area contributed by atoms with Crippen LogP contribution >= 0.6 is 0 Å². The quantitative estimate of drug-likeness (QED) is 0.419. The molecule has 1 nitrogen and oxygen atoms in total. The van der Waals surface area contributed by atoms with Crippen molar-refractivity contribution in [3.05, 3.63) is 70.8 Å². The molecule has 0 bridgehead atoms. The first-order valence-corrected chi connectivity index (χ1v) is 13.1. The summed E-state index contributed by atoms with van der Waals surface area (Å²) >= 11 is 0. The van der Waals surface area contributed by atoms with E-state index >= 15 is 0 Å². The molecule has 2 aromatic rings. The van der Waals surface area contributed by atoms with Crippen LogP contribution in [-0.2, 0) is 0 Å². The summed E-state index contributed by atoms with van der Waals surface area (Å²) in [6, 6.07) is 19.8. The third kappa shape index (κ3) is 5.66. The normalized spacial score (nSPS) is 17.3. The number of hydrogen-bond donors (Lipinski definition) is 1. The molecule has 3 rings (SSSR count). The fraction of sp³-hybridized carbons (Fsp3) is 0.613. The summed E-state index contributed by atoms with van der Waals surface area (Å²) in [5, 5.41) is 3.80. The molecule has 1 aliphatic heterocycles. The van der Waals surface area contributed by atoms with Crippen LogP contribution in [0.1, 0.15) is 108 Å². The van der Waals surface area contributed by atoms with Crippen LogP contribution in [0.2, 0.25) is 0 Å². The Bertz CT molecular complexity index is 727. The monoisotopic (exact) mass is 433 g/mol. The second-order valence-corrected chi connectivity index (χ2v) is 11.5. The molecule has 1 N–H and O–H groups in total. The predicted molar refractivity (Wildman–Crippen MR) is 141 cm³/mol. The molecule has 0 saturated carbocycles.